The number of piperazine rings is 1. The molecule has 3 rings (SSSR count). The third-order valence-electron chi connectivity index (χ3n) is 6.21. The molecule has 0 spiro atoms. The molecule has 2 heterocycles. The van der Waals surface area contributed by atoms with E-state index < -0.39 is 0 Å². The highest BCUT2D eigenvalue weighted by Crippen LogP contribution is 2.40. The van der Waals surface area contributed by atoms with E-state index in [0.717, 1.165) is 51.0 Å². The van der Waals surface area contributed by atoms with Crippen LogP contribution in [0.2, 0.25) is 0 Å². The highest BCUT2D eigenvalue weighted by Gasteiger charge is 2.53. The zero-order valence-corrected chi connectivity index (χ0v) is 17.2. The van der Waals surface area contributed by atoms with E-state index in [1.54, 1.807) is 0 Å². The fourth-order valence-electron chi connectivity index (χ4n) is 4.05. The number of benzene rings is 1. The summed E-state index contributed by atoms with van der Waals surface area (Å²) in [4.78, 5) is 4.78. The van der Waals surface area contributed by atoms with Gasteiger partial charge in [0.1, 0.15) is 0 Å². The Kier molecular flexibility index (Phi) is 6.15. The second-order valence-electron chi connectivity index (χ2n) is 8.39. The molecule has 1 aromatic rings. The molecule has 1 atom stereocenters. The Morgan fingerprint density at radius 2 is 1.74 bits per heavy atom. The van der Waals surface area contributed by atoms with Crippen LogP contribution in [-0.4, -0.2) is 55.9 Å². The summed E-state index contributed by atoms with van der Waals surface area (Å²) in [5, 5.41) is 8.73. The largest absolute Gasteiger partial charge is 0.494 e. The van der Waals surface area contributed by atoms with Crippen LogP contribution in [0.15, 0.2) is 24.3 Å². The standard InChI is InChI=1S/C21H32BN3O2/c1-5-11-21(4)20(2,3)26-22(27-21)18-7-9-19(10-8-18)25-16-14-24(15-17-25)13-6-12-23/h7-10H,5-6,11,13-17H2,1-4H3. The monoisotopic (exact) mass is 369 g/mol. The molecular formula is C21H32BN3O2. The number of nitriles is 1. The van der Waals surface area contributed by atoms with Crippen molar-refractivity contribution in [3.05, 3.63) is 24.3 Å². The molecule has 1 unspecified atom stereocenters. The van der Waals surface area contributed by atoms with Gasteiger partial charge in [-0.2, -0.15) is 5.26 Å². The molecule has 0 amide bonds. The van der Waals surface area contributed by atoms with Crippen LogP contribution in [0, 0.1) is 11.3 Å². The van der Waals surface area contributed by atoms with Crippen LogP contribution in [0.5, 0.6) is 0 Å². The van der Waals surface area contributed by atoms with Crippen LogP contribution in [0.3, 0.4) is 0 Å². The summed E-state index contributed by atoms with van der Waals surface area (Å²) in [6.07, 6.45) is 2.68. The van der Waals surface area contributed by atoms with E-state index in [2.05, 4.69) is 67.8 Å². The molecule has 0 N–H and O–H groups in total. The van der Waals surface area contributed by atoms with Crippen LogP contribution in [0.25, 0.3) is 0 Å². The maximum atomic E-state index is 8.73. The van der Waals surface area contributed by atoms with Crippen molar-refractivity contribution in [3.8, 4) is 6.07 Å². The molecule has 1 aromatic carbocycles. The van der Waals surface area contributed by atoms with Crippen molar-refractivity contribution in [1.29, 1.82) is 5.26 Å². The maximum absolute atomic E-state index is 8.73. The lowest BCUT2D eigenvalue weighted by Crippen LogP contribution is -2.46. The lowest BCUT2D eigenvalue weighted by atomic mass is 9.79. The smallest absolute Gasteiger partial charge is 0.399 e. The molecule has 5 nitrogen and oxygen atoms in total. The number of nitrogens with zero attached hydrogens (tertiary/aromatic N) is 3. The van der Waals surface area contributed by atoms with Crippen molar-refractivity contribution in [2.75, 3.05) is 37.6 Å². The highest BCUT2D eigenvalue weighted by atomic mass is 16.7. The average Bonchev–Trinajstić information content (AvgIpc) is 2.90. The van der Waals surface area contributed by atoms with Crippen molar-refractivity contribution >= 4 is 18.3 Å². The number of hydrogen-bond donors (Lipinski definition) is 0. The molecule has 2 aliphatic heterocycles. The molecule has 146 valence electrons. The summed E-state index contributed by atoms with van der Waals surface area (Å²) in [5.41, 5.74) is 1.77. The number of rotatable bonds is 6. The van der Waals surface area contributed by atoms with Crippen molar-refractivity contribution < 1.29 is 9.31 Å². The average molecular weight is 369 g/mol. The van der Waals surface area contributed by atoms with Crippen LogP contribution < -0.4 is 10.4 Å². The minimum atomic E-state index is -0.300. The quantitative estimate of drug-likeness (QED) is 0.722. The predicted molar refractivity (Wildman–Crippen MR) is 110 cm³/mol. The van der Waals surface area contributed by atoms with Gasteiger partial charge in [0.15, 0.2) is 0 Å². The second-order valence-corrected chi connectivity index (χ2v) is 8.39. The molecule has 0 bridgehead atoms. The molecule has 0 radical (unpaired) electrons. The van der Waals surface area contributed by atoms with Gasteiger partial charge in [-0.3, -0.25) is 4.90 Å². The topological polar surface area (TPSA) is 48.7 Å². The number of hydrogen-bond acceptors (Lipinski definition) is 5. The van der Waals surface area contributed by atoms with E-state index in [-0.39, 0.29) is 18.3 Å². The zero-order chi connectivity index (χ0) is 19.5. The molecule has 0 aromatic heterocycles. The summed E-state index contributed by atoms with van der Waals surface area (Å²) in [6, 6.07) is 10.9. The maximum Gasteiger partial charge on any atom is 0.494 e. The highest BCUT2D eigenvalue weighted by molar-refractivity contribution is 6.62. The Labute approximate surface area is 164 Å². The first-order chi connectivity index (χ1) is 12.9. The molecule has 2 aliphatic rings. The SMILES string of the molecule is CCCC1(C)OB(c2ccc(N3CCN(CCC#N)CC3)cc2)OC1(C)C. The molecule has 0 aliphatic carbocycles. The molecule has 27 heavy (non-hydrogen) atoms. The third kappa shape index (κ3) is 4.32. The van der Waals surface area contributed by atoms with Gasteiger partial charge in [0.05, 0.1) is 17.3 Å². The molecule has 0 saturated carbocycles. The van der Waals surface area contributed by atoms with Gasteiger partial charge in [-0.05, 0) is 44.8 Å². The molecule has 2 fully saturated rings. The van der Waals surface area contributed by atoms with Crippen molar-refractivity contribution in [2.24, 2.45) is 0 Å². The first kappa shape index (κ1) is 20.2. The van der Waals surface area contributed by atoms with E-state index in [9.17, 15) is 0 Å². The first-order valence-electron chi connectivity index (χ1n) is 10.2. The Bertz CT molecular complexity index is 665. The van der Waals surface area contributed by atoms with Gasteiger partial charge >= 0.3 is 7.12 Å². The van der Waals surface area contributed by atoms with E-state index in [4.69, 9.17) is 14.6 Å². The summed E-state index contributed by atoms with van der Waals surface area (Å²) in [5.74, 6) is 0. The van der Waals surface area contributed by atoms with Crippen LogP contribution >= 0.6 is 0 Å². The fourth-order valence-corrected chi connectivity index (χ4v) is 4.05. The lowest BCUT2D eigenvalue weighted by Gasteiger charge is -2.36. The predicted octanol–water partition coefficient (Wildman–Crippen LogP) is 2.80. The fraction of sp³-hybridized carbons (Fsp3) is 0.667. The van der Waals surface area contributed by atoms with Crippen molar-refractivity contribution in [3.63, 3.8) is 0 Å². The van der Waals surface area contributed by atoms with Gasteiger partial charge in [-0.1, -0.05) is 25.5 Å². The number of anilines is 1. The Hall–Kier alpha value is -1.55. The summed E-state index contributed by atoms with van der Waals surface area (Å²) < 4.78 is 12.6. The van der Waals surface area contributed by atoms with Crippen molar-refractivity contribution in [1.82, 2.24) is 4.90 Å². The van der Waals surface area contributed by atoms with E-state index in [1.165, 1.54) is 5.69 Å². The molecule has 2 saturated heterocycles. The van der Waals surface area contributed by atoms with E-state index in [0.29, 0.717) is 6.42 Å². The summed E-state index contributed by atoms with van der Waals surface area (Å²) >= 11 is 0. The summed E-state index contributed by atoms with van der Waals surface area (Å²) in [6.45, 7) is 13.5. The Morgan fingerprint density at radius 1 is 1.07 bits per heavy atom. The van der Waals surface area contributed by atoms with Gasteiger partial charge in [-0.25, -0.2) is 0 Å². The van der Waals surface area contributed by atoms with Gasteiger partial charge < -0.3 is 14.2 Å². The Balaban J connectivity index is 1.61. The third-order valence-corrected chi connectivity index (χ3v) is 6.21. The van der Waals surface area contributed by atoms with Gasteiger partial charge in [0.2, 0.25) is 0 Å². The van der Waals surface area contributed by atoms with Crippen LogP contribution in [0.1, 0.15) is 47.0 Å². The minimum absolute atomic E-state index is 0.259. The zero-order valence-electron chi connectivity index (χ0n) is 17.2. The van der Waals surface area contributed by atoms with Crippen molar-refractivity contribution in [2.45, 2.75) is 58.2 Å². The van der Waals surface area contributed by atoms with Gasteiger partial charge in [0, 0.05) is 44.8 Å². The molecule has 6 heteroatoms. The second kappa shape index (κ2) is 8.22. The molecular weight excluding hydrogens is 337 g/mol. The van der Waals surface area contributed by atoms with E-state index >= 15 is 0 Å². The van der Waals surface area contributed by atoms with Crippen LogP contribution in [0.4, 0.5) is 5.69 Å². The van der Waals surface area contributed by atoms with Gasteiger partial charge in [-0.15, -0.1) is 0 Å². The summed E-state index contributed by atoms with van der Waals surface area (Å²) in [7, 11) is -0.298. The first-order valence-corrected chi connectivity index (χ1v) is 10.2. The minimum Gasteiger partial charge on any atom is -0.399 e. The normalized spacial score (nSPS) is 25.6. The Morgan fingerprint density at radius 3 is 2.33 bits per heavy atom. The van der Waals surface area contributed by atoms with Gasteiger partial charge in [0.25, 0.3) is 0 Å². The lowest BCUT2D eigenvalue weighted by molar-refractivity contribution is -0.0159. The van der Waals surface area contributed by atoms with Crippen LogP contribution in [-0.2, 0) is 9.31 Å². The van der Waals surface area contributed by atoms with E-state index in [1.807, 2.05) is 0 Å².